The van der Waals surface area contributed by atoms with Crippen LogP contribution < -0.4 is 10.2 Å². The van der Waals surface area contributed by atoms with Gasteiger partial charge in [0.1, 0.15) is 0 Å². The number of carbonyl (C=O) groups excluding carboxylic acids is 1. The van der Waals surface area contributed by atoms with Crippen LogP contribution in [0.3, 0.4) is 0 Å². The molecule has 0 spiro atoms. The van der Waals surface area contributed by atoms with Crippen molar-refractivity contribution in [2.75, 3.05) is 30.4 Å². The number of nitrogens with zero attached hydrogens (tertiary/aromatic N) is 2. The Morgan fingerprint density at radius 2 is 1.88 bits per heavy atom. The lowest BCUT2D eigenvalue weighted by atomic mass is 10.1. The van der Waals surface area contributed by atoms with Gasteiger partial charge < -0.3 is 15.3 Å². The van der Waals surface area contributed by atoms with Crippen molar-refractivity contribution in [3.8, 4) is 0 Å². The van der Waals surface area contributed by atoms with Gasteiger partial charge in [0.25, 0.3) is 5.91 Å². The summed E-state index contributed by atoms with van der Waals surface area (Å²) in [6.45, 7) is 0.663. The average Bonchev–Trinajstić information content (AvgIpc) is 2.62. The third-order valence-electron chi connectivity index (χ3n) is 3.91. The van der Waals surface area contributed by atoms with Crippen LogP contribution in [0.25, 0.3) is 10.8 Å². The Bertz CT molecular complexity index is 841. The molecule has 1 amide bonds. The number of carbonyl (C=O) groups is 1. The van der Waals surface area contributed by atoms with E-state index >= 15 is 0 Å². The quantitative estimate of drug-likeness (QED) is 0.758. The molecule has 3 aromatic rings. The van der Waals surface area contributed by atoms with Gasteiger partial charge in [0.2, 0.25) is 0 Å². The molecule has 0 fully saturated rings. The minimum absolute atomic E-state index is 0.100. The third kappa shape index (κ3) is 3.36. The summed E-state index contributed by atoms with van der Waals surface area (Å²) in [6.07, 6.45) is 3.33. The number of fused-ring (bicyclic) bond motifs is 1. The van der Waals surface area contributed by atoms with E-state index in [-0.39, 0.29) is 12.5 Å². The molecule has 0 aliphatic heterocycles. The first-order chi connectivity index (χ1) is 11.7. The zero-order valence-corrected chi connectivity index (χ0v) is 13.4. The van der Waals surface area contributed by atoms with Gasteiger partial charge in [-0.15, -0.1) is 0 Å². The topological polar surface area (TPSA) is 65.5 Å². The van der Waals surface area contributed by atoms with Crippen molar-refractivity contribution in [1.82, 2.24) is 4.98 Å². The summed E-state index contributed by atoms with van der Waals surface area (Å²) >= 11 is 0. The zero-order chi connectivity index (χ0) is 16.9. The van der Waals surface area contributed by atoms with Gasteiger partial charge in [0, 0.05) is 42.7 Å². The van der Waals surface area contributed by atoms with E-state index < -0.39 is 0 Å². The first-order valence-corrected chi connectivity index (χ1v) is 7.75. The van der Waals surface area contributed by atoms with Crippen LogP contribution in [0, 0.1) is 0 Å². The Hall–Kier alpha value is -2.92. The second kappa shape index (κ2) is 7.10. The summed E-state index contributed by atoms with van der Waals surface area (Å²) < 4.78 is 0. The molecular weight excluding hydrogens is 302 g/mol. The van der Waals surface area contributed by atoms with E-state index in [1.54, 1.807) is 12.4 Å². The largest absolute Gasteiger partial charge is 0.395 e. The number of aliphatic hydroxyl groups is 1. The second-order valence-corrected chi connectivity index (χ2v) is 5.55. The van der Waals surface area contributed by atoms with Crippen molar-refractivity contribution in [3.05, 3.63) is 66.5 Å². The van der Waals surface area contributed by atoms with E-state index in [1.165, 1.54) is 0 Å². The molecule has 0 atom stereocenters. The molecule has 2 N–H and O–H groups in total. The first-order valence-electron chi connectivity index (χ1n) is 7.75. The second-order valence-electron chi connectivity index (χ2n) is 5.55. The van der Waals surface area contributed by atoms with Crippen LogP contribution in [0.15, 0.2) is 60.9 Å². The molecule has 1 heterocycles. The van der Waals surface area contributed by atoms with Gasteiger partial charge in [-0.3, -0.25) is 9.78 Å². The lowest BCUT2D eigenvalue weighted by Crippen LogP contribution is -2.21. The number of likely N-dealkylation sites (N-methyl/N-ethyl adjacent to an activating group) is 1. The van der Waals surface area contributed by atoms with Crippen LogP contribution in [-0.2, 0) is 0 Å². The molecular formula is C19H19N3O2. The molecule has 122 valence electrons. The molecule has 0 aliphatic rings. The molecule has 0 radical (unpaired) electrons. The molecule has 5 heteroatoms. The van der Waals surface area contributed by atoms with Crippen LogP contribution in [0.4, 0.5) is 11.4 Å². The zero-order valence-electron chi connectivity index (χ0n) is 13.4. The maximum absolute atomic E-state index is 12.6. The van der Waals surface area contributed by atoms with Crippen molar-refractivity contribution in [2.24, 2.45) is 0 Å². The summed E-state index contributed by atoms with van der Waals surface area (Å²) in [5.41, 5.74) is 2.25. The number of amides is 1. The Morgan fingerprint density at radius 3 is 2.62 bits per heavy atom. The van der Waals surface area contributed by atoms with Crippen molar-refractivity contribution >= 4 is 28.1 Å². The molecule has 2 aromatic carbocycles. The highest BCUT2D eigenvalue weighted by Gasteiger charge is 2.11. The summed E-state index contributed by atoms with van der Waals surface area (Å²) in [4.78, 5) is 18.6. The van der Waals surface area contributed by atoms with E-state index in [9.17, 15) is 4.79 Å². The molecule has 0 bridgehead atoms. The fourth-order valence-corrected chi connectivity index (χ4v) is 2.57. The molecule has 5 nitrogen and oxygen atoms in total. The maximum Gasteiger partial charge on any atom is 0.257 e. The molecule has 0 aliphatic carbocycles. The maximum atomic E-state index is 12.6. The SMILES string of the molecule is CN(CCO)c1ccc(NC(=O)c2cncc3ccccc23)cc1. The van der Waals surface area contributed by atoms with E-state index in [1.807, 2.05) is 60.5 Å². The number of nitrogens with one attached hydrogen (secondary N) is 1. The fraction of sp³-hybridized carbons (Fsp3) is 0.158. The van der Waals surface area contributed by atoms with Crippen LogP contribution in [0.2, 0.25) is 0 Å². The molecule has 24 heavy (non-hydrogen) atoms. The lowest BCUT2D eigenvalue weighted by Gasteiger charge is -2.18. The summed E-state index contributed by atoms with van der Waals surface area (Å²) in [7, 11) is 1.91. The number of anilines is 2. The normalized spacial score (nSPS) is 10.6. The number of hydrogen-bond acceptors (Lipinski definition) is 4. The van der Waals surface area contributed by atoms with E-state index in [4.69, 9.17) is 5.11 Å². The first kappa shape index (κ1) is 16.0. The van der Waals surface area contributed by atoms with Gasteiger partial charge in [0.05, 0.1) is 12.2 Å². The third-order valence-corrected chi connectivity index (χ3v) is 3.91. The summed E-state index contributed by atoms with van der Waals surface area (Å²) in [5, 5.41) is 13.7. The standard InChI is InChI=1S/C19H19N3O2/c1-22(10-11-23)16-8-6-15(7-9-16)21-19(24)18-13-20-12-14-4-2-3-5-17(14)18/h2-9,12-13,23H,10-11H2,1H3,(H,21,24). The smallest absolute Gasteiger partial charge is 0.257 e. The Kier molecular flexibility index (Phi) is 4.72. The monoisotopic (exact) mass is 321 g/mol. The predicted octanol–water partition coefficient (Wildman–Crippen LogP) is 2.92. The Morgan fingerprint density at radius 1 is 1.12 bits per heavy atom. The number of hydrogen-bond donors (Lipinski definition) is 2. The van der Waals surface area contributed by atoms with Crippen LogP contribution in [-0.4, -0.2) is 36.2 Å². The molecule has 1 aromatic heterocycles. The average molecular weight is 321 g/mol. The van der Waals surface area contributed by atoms with E-state index in [2.05, 4.69) is 10.3 Å². The van der Waals surface area contributed by atoms with Crippen LogP contribution in [0.5, 0.6) is 0 Å². The highest BCUT2D eigenvalue weighted by atomic mass is 16.3. The van der Waals surface area contributed by atoms with Gasteiger partial charge in [-0.25, -0.2) is 0 Å². The molecule has 0 saturated heterocycles. The van der Waals surface area contributed by atoms with Crippen molar-refractivity contribution in [2.45, 2.75) is 0 Å². The van der Waals surface area contributed by atoms with E-state index in [0.717, 1.165) is 16.5 Å². The minimum atomic E-state index is -0.184. The van der Waals surface area contributed by atoms with Crippen molar-refractivity contribution in [3.63, 3.8) is 0 Å². The van der Waals surface area contributed by atoms with E-state index in [0.29, 0.717) is 17.8 Å². The molecule has 3 rings (SSSR count). The van der Waals surface area contributed by atoms with Gasteiger partial charge in [-0.1, -0.05) is 24.3 Å². The van der Waals surface area contributed by atoms with Crippen molar-refractivity contribution in [1.29, 1.82) is 0 Å². The summed E-state index contributed by atoms with van der Waals surface area (Å²) in [5.74, 6) is -0.184. The highest BCUT2D eigenvalue weighted by molar-refractivity contribution is 6.12. The van der Waals surface area contributed by atoms with Gasteiger partial charge in [-0.05, 0) is 29.7 Å². The highest BCUT2D eigenvalue weighted by Crippen LogP contribution is 2.20. The van der Waals surface area contributed by atoms with Crippen LogP contribution in [0.1, 0.15) is 10.4 Å². The van der Waals surface area contributed by atoms with Crippen LogP contribution >= 0.6 is 0 Å². The lowest BCUT2D eigenvalue weighted by molar-refractivity contribution is 0.102. The predicted molar refractivity (Wildman–Crippen MR) is 96.5 cm³/mol. The van der Waals surface area contributed by atoms with Gasteiger partial charge in [0.15, 0.2) is 0 Å². The number of pyridine rings is 1. The molecule has 0 unspecified atom stereocenters. The Balaban J connectivity index is 1.79. The minimum Gasteiger partial charge on any atom is -0.395 e. The number of aliphatic hydroxyl groups excluding tert-OH is 1. The van der Waals surface area contributed by atoms with Crippen molar-refractivity contribution < 1.29 is 9.90 Å². The van der Waals surface area contributed by atoms with Gasteiger partial charge in [-0.2, -0.15) is 0 Å². The van der Waals surface area contributed by atoms with Gasteiger partial charge >= 0.3 is 0 Å². The Labute approximate surface area is 140 Å². The number of aromatic nitrogens is 1. The summed E-state index contributed by atoms with van der Waals surface area (Å²) in [6, 6.07) is 15.2. The molecule has 0 saturated carbocycles. The fourth-order valence-electron chi connectivity index (χ4n) is 2.57. The number of rotatable bonds is 5. The number of benzene rings is 2.